The van der Waals surface area contributed by atoms with Crippen LogP contribution in [0.4, 0.5) is 11.4 Å². The van der Waals surface area contributed by atoms with Gasteiger partial charge in [0.05, 0.1) is 0 Å². The Morgan fingerprint density at radius 1 is 0.821 bits per heavy atom. The third-order valence-corrected chi connectivity index (χ3v) is 3.73. The van der Waals surface area contributed by atoms with Gasteiger partial charge in [0.25, 0.3) is 0 Å². The van der Waals surface area contributed by atoms with Crippen LogP contribution in [0.1, 0.15) is 27.7 Å². The van der Waals surface area contributed by atoms with Gasteiger partial charge in [-0.1, -0.05) is 69.1 Å². The molecule has 3 rings (SSSR count). The molecule has 0 aliphatic carbocycles. The fourth-order valence-corrected chi connectivity index (χ4v) is 2.58. The predicted molar refractivity (Wildman–Crippen MR) is 116 cm³/mol. The average molecular weight is 420 g/mol. The lowest BCUT2D eigenvalue weighted by Crippen LogP contribution is -2.16. The van der Waals surface area contributed by atoms with Crippen LogP contribution in [0.5, 0.6) is 11.5 Å². The molecule has 1 amide bonds. The van der Waals surface area contributed by atoms with Crippen LogP contribution < -0.4 is 9.64 Å². The van der Waals surface area contributed by atoms with Crippen molar-refractivity contribution in [3.8, 4) is 11.5 Å². The minimum absolute atomic E-state index is 0.0895. The molecule has 1 aromatic heterocycles. The van der Waals surface area contributed by atoms with Crippen molar-refractivity contribution in [1.82, 2.24) is 9.97 Å². The molecule has 0 atom stereocenters. The van der Waals surface area contributed by atoms with E-state index in [1.165, 1.54) is 11.2 Å². The Labute approximate surface area is 175 Å². The largest absolute Gasteiger partial charge is 0.457 e. The third kappa shape index (κ3) is 6.22. The fraction of sp³-hybridized carbons (Fsp3) is 0.190. The van der Waals surface area contributed by atoms with E-state index in [1.807, 2.05) is 58.0 Å². The summed E-state index contributed by atoms with van der Waals surface area (Å²) < 4.78 is 5.72. The van der Waals surface area contributed by atoms with E-state index >= 15 is 0 Å². The van der Waals surface area contributed by atoms with Crippen LogP contribution in [0.2, 0.25) is 10.3 Å². The number of carbonyl (C=O) groups excluding carboxylic acids is 1. The first-order chi connectivity index (χ1) is 13.7. The lowest BCUT2D eigenvalue weighted by atomic mass is 10.2. The number of amides is 1. The van der Waals surface area contributed by atoms with Crippen molar-refractivity contribution >= 4 is 41.0 Å². The van der Waals surface area contributed by atoms with E-state index < -0.39 is 0 Å². The third-order valence-electron chi connectivity index (χ3n) is 3.17. The Balaban J connectivity index is 0.000000921. The lowest BCUT2D eigenvalue weighted by Gasteiger charge is -2.19. The van der Waals surface area contributed by atoms with Crippen LogP contribution in [-0.4, -0.2) is 16.4 Å². The smallest absolute Gasteiger partial charge is 0.218 e. The molecule has 2 aromatic carbocycles. The minimum atomic E-state index is 0.0895. The SMILES string of the molecule is CC.CC.O=CN(c1ccc(Oc2ccccc2)cc1)c1c(Cl)ncnc1Cl. The Kier molecular flexibility index (Phi) is 10.6. The van der Waals surface area contributed by atoms with Gasteiger partial charge >= 0.3 is 0 Å². The molecule has 0 radical (unpaired) electrons. The number of anilines is 2. The summed E-state index contributed by atoms with van der Waals surface area (Å²) in [6.45, 7) is 8.00. The van der Waals surface area contributed by atoms with Crippen LogP contribution in [-0.2, 0) is 4.79 Å². The molecular weight excluding hydrogens is 397 g/mol. The van der Waals surface area contributed by atoms with Crippen LogP contribution in [0, 0.1) is 0 Å². The van der Waals surface area contributed by atoms with E-state index in [1.54, 1.807) is 24.3 Å². The van der Waals surface area contributed by atoms with E-state index in [0.29, 0.717) is 17.8 Å². The number of benzene rings is 2. The molecule has 148 valence electrons. The average Bonchev–Trinajstić information content (AvgIpc) is 2.75. The molecule has 0 aliphatic heterocycles. The summed E-state index contributed by atoms with van der Waals surface area (Å²) in [5.74, 6) is 1.36. The standard InChI is InChI=1S/C17H11Cl2N3O2.2C2H6/c18-16-15(17(19)21-10-20-16)22(11-23)12-6-8-14(9-7-12)24-13-4-2-1-3-5-13;2*1-2/h1-11H;2*1-2H3. The van der Waals surface area contributed by atoms with E-state index in [4.69, 9.17) is 27.9 Å². The molecule has 0 bridgehead atoms. The molecule has 7 heteroatoms. The second kappa shape index (κ2) is 12.7. The number of hydrogen-bond donors (Lipinski definition) is 0. The predicted octanol–water partition coefficient (Wildman–Crippen LogP) is 6.92. The summed E-state index contributed by atoms with van der Waals surface area (Å²) in [7, 11) is 0. The van der Waals surface area contributed by atoms with Gasteiger partial charge in [-0.2, -0.15) is 0 Å². The van der Waals surface area contributed by atoms with Crippen molar-refractivity contribution in [3.05, 3.63) is 71.2 Å². The molecule has 3 aromatic rings. The van der Waals surface area contributed by atoms with Crippen LogP contribution in [0.3, 0.4) is 0 Å². The summed E-state index contributed by atoms with van der Waals surface area (Å²) in [5.41, 5.74) is 0.788. The summed E-state index contributed by atoms with van der Waals surface area (Å²) in [4.78, 5) is 20.5. The molecule has 5 nitrogen and oxygen atoms in total. The Hall–Kier alpha value is -2.63. The molecule has 0 saturated heterocycles. The van der Waals surface area contributed by atoms with Crippen molar-refractivity contribution in [2.75, 3.05) is 4.90 Å². The zero-order valence-corrected chi connectivity index (χ0v) is 17.8. The van der Waals surface area contributed by atoms with Crippen molar-refractivity contribution in [1.29, 1.82) is 0 Å². The van der Waals surface area contributed by atoms with Gasteiger partial charge in [0.15, 0.2) is 10.3 Å². The van der Waals surface area contributed by atoms with Crippen LogP contribution in [0.15, 0.2) is 60.9 Å². The van der Waals surface area contributed by atoms with Crippen LogP contribution in [0.25, 0.3) is 0 Å². The summed E-state index contributed by atoms with van der Waals surface area (Å²) >= 11 is 12.1. The van der Waals surface area contributed by atoms with Gasteiger partial charge in [-0.3, -0.25) is 9.69 Å². The molecule has 1 heterocycles. The number of halogens is 2. The number of para-hydroxylation sites is 1. The van der Waals surface area contributed by atoms with Gasteiger partial charge < -0.3 is 4.74 Å². The normalized spacial score (nSPS) is 9.21. The fourth-order valence-electron chi connectivity index (χ4n) is 2.08. The minimum Gasteiger partial charge on any atom is -0.457 e. The van der Waals surface area contributed by atoms with E-state index in [0.717, 1.165) is 5.75 Å². The van der Waals surface area contributed by atoms with Crippen molar-refractivity contribution in [3.63, 3.8) is 0 Å². The highest BCUT2D eigenvalue weighted by Crippen LogP contribution is 2.35. The van der Waals surface area contributed by atoms with Crippen molar-refractivity contribution < 1.29 is 9.53 Å². The first-order valence-corrected chi connectivity index (χ1v) is 9.68. The maximum atomic E-state index is 11.5. The number of rotatable bonds is 5. The van der Waals surface area contributed by atoms with Gasteiger partial charge in [-0.25, -0.2) is 9.97 Å². The molecule has 0 aliphatic rings. The summed E-state index contributed by atoms with van der Waals surface area (Å²) in [6.07, 6.45) is 1.83. The molecular formula is C21H23Cl2N3O2. The van der Waals surface area contributed by atoms with Gasteiger partial charge in [-0.05, 0) is 36.4 Å². The molecule has 0 unspecified atom stereocenters. The quantitative estimate of drug-likeness (QED) is 0.332. The second-order valence-corrected chi connectivity index (χ2v) is 5.40. The topological polar surface area (TPSA) is 55.3 Å². The van der Waals surface area contributed by atoms with Gasteiger partial charge in [0.2, 0.25) is 6.41 Å². The lowest BCUT2D eigenvalue weighted by molar-refractivity contribution is -0.106. The number of nitrogens with zero attached hydrogens (tertiary/aromatic N) is 3. The first-order valence-electron chi connectivity index (χ1n) is 8.92. The van der Waals surface area contributed by atoms with E-state index in [-0.39, 0.29) is 16.0 Å². The molecule has 0 fully saturated rings. The number of ether oxygens (including phenoxy) is 1. The van der Waals surface area contributed by atoms with Crippen LogP contribution >= 0.6 is 23.2 Å². The highest BCUT2D eigenvalue weighted by molar-refractivity contribution is 6.38. The Bertz CT molecular complexity index is 824. The van der Waals surface area contributed by atoms with E-state index in [9.17, 15) is 4.79 Å². The number of hydrogen-bond acceptors (Lipinski definition) is 4. The molecule has 0 spiro atoms. The monoisotopic (exact) mass is 419 g/mol. The summed E-state index contributed by atoms with van der Waals surface area (Å²) in [6, 6.07) is 16.3. The van der Waals surface area contributed by atoms with Crippen molar-refractivity contribution in [2.45, 2.75) is 27.7 Å². The number of carbonyl (C=O) groups is 1. The molecule has 28 heavy (non-hydrogen) atoms. The van der Waals surface area contributed by atoms with Gasteiger partial charge in [0.1, 0.15) is 23.5 Å². The van der Waals surface area contributed by atoms with Crippen molar-refractivity contribution in [2.24, 2.45) is 0 Å². The Morgan fingerprint density at radius 2 is 1.32 bits per heavy atom. The number of aromatic nitrogens is 2. The molecule has 0 saturated carbocycles. The van der Waals surface area contributed by atoms with E-state index in [2.05, 4.69) is 9.97 Å². The molecule has 0 N–H and O–H groups in total. The zero-order valence-electron chi connectivity index (χ0n) is 16.3. The Morgan fingerprint density at radius 3 is 1.82 bits per heavy atom. The van der Waals surface area contributed by atoms with Gasteiger partial charge in [-0.15, -0.1) is 0 Å². The van der Waals surface area contributed by atoms with Gasteiger partial charge in [0, 0.05) is 5.69 Å². The highest BCUT2D eigenvalue weighted by atomic mass is 35.5. The second-order valence-electron chi connectivity index (χ2n) is 4.69. The first kappa shape index (κ1) is 23.4. The summed E-state index contributed by atoms with van der Waals surface area (Å²) in [5, 5.41) is 0.179. The zero-order chi connectivity index (χ0) is 20.9. The maximum absolute atomic E-state index is 11.5. The maximum Gasteiger partial charge on any atom is 0.218 e. The highest BCUT2D eigenvalue weighted by Gasteiger charge is 2.17.